The average molecular weight is 380 g/mol. The largest absolute Gasteiger partial charge is 0.487 e. The summed E-state index contributed by atoms with van der Waals surface area (Å²) in [7, 11) is 0. The van der Waals surface area contributed by atoms with Gasteiger partial charge in [0.2, 0.25) is 0 Å². The summed E-state index contributed by atoms with van der Waals surface area (Å²) in [6.07, 6.45) is 1.79. The second-order valence-electron chi connectivity index (χ2n) is 4.82. The number of benzene rings is 2. The zero-order chi connectivity index (χ0) is 15.5. The first kappa shape index (κ1) is 15.3. The van der Waals surface area contributed by atoms with E-state index in [9.17, 15) is 4.21 Å². The second-order valence-corrected chi connectivity index (χ2v) is 6.57. The Bertz CT molecular complexity index is 817. The minimum absolute atomic E-state index is 0.0155. The van der Waals surface area contributed by atoms with Crippen molar-refractivity contribution in [2.24, 2.45) is 0 Å². The Morgan fingerprint density at radius 2 is 1.91 bits per heavy atom. The Balaban J connectivity index is 1.96. The molecule has 0 aliphatic carbocycles. The van der Waals surface area contributed by atoms with Gasteiger partial charge >= 0.3 is 0 Å². The van der Waals surface area contributed by atoms with Crippen molar-refractivity contribution in [1.82, 2.24) is 4.57 Å². The van der Waals surface area contributed by atoms with Crippen LogP contribution < -0.4 is 4.74 Å². The summed E-state index contributed by atoms with van der Waals surface area (Å²) in [4.78, 5) is 0. The monoisotopic (exact) mass is 379 g/mol. The van der Waals surface area contributed by atoms with E-state index in [1.54, 1.807) is 10.8 Å². The fourth-order valence-corrected chi connectivity index (χ4v) is 3.24. The highest BCUT2D eigenvalue weighted by atomic mass is 79.9. The maximum atomic E-state index is 11.1. The van der Waals surface area contributed by atoms with Crippen LogP contribution in [0.2, 0.25) is 0 Å². The molecule has 22 heavy (non-hydrogen) atoms. The smallest absolute Gasteiger partial charge is 0.173 e. The van der Waals surface area contributed by atoms with Gasteiger partial charge in [0, 0.05) is 16.1 Å². The topological polar surface area (TPSA) is 51.5 Å². The summed E-state index contributed by atoms with van der Waals surface area (Å²) in [6.45, 7) is 0.449. The molecule has 1 unspecified atom stereocenters. The highest BCUT2D eigenvalue weighted by molar-refractivity contribution is 9.10. The minimum atomic E-state index is -1.91. The zero-order valence-corrected chi connectivity index (χ0v) is 14.0. The van der Waals surface area contributed by atoms with Gasteiger partial charge < -0.3 is 13.9 Å². The highest BCUT2D eigenvalue weighted by Gasteiger charge is 2.12. The molecule has 0 fully saturated rings. The molecule has 3 rings (SSSR count). The Morgan fingerprint density at radius 1 is 1.14 bits per heavy atom. The van der Waals surface area contributed by atoms with Crippen LogP contribution in [-0.2, 0) is 23.6 Å². The molecule has 0 spiro atoms. The van der Waals surface area contributed by atoms with Crippen LogP contribution in [0.5, 0.6) is 5.75 Å². The lowest BCUT2D eigenvalue weighted by atomic mass is 10.2. The van der Waals surface area contributed by atoms with Crippen LogP contribution in [0.15, 0.2) is 59.2 Å². The molecule has 0 saturated carbocycles. The van der Waals surface area contributed by atoms with Gasteiger partial charge in [-0.15, -0.1) is 0 Å². The summed E-state index contributed by atoms with van der Waals surface area (Å²) in [6, 6.07) is 15.6. The van der Waals surface area contributed by atoms with Crippen molar-refractivity contribution < 1.29 is 13.5 Å². The summed E-state index contributed by atoms with van der Waals surface area (Å²) >= 11 is 1.59. The number of aromatic nitrogens is 1. The standard InChI is InChI=1S/C16H14BrNO3S/c17-14-6-7-15(21-10-12-4-2-1-3-5-12)16-13(14)8-9-18(16)11-22(19)20/h1-9H,10-11H2,(H,19,20). The van der Waals surface area contributed by atoms with Crippen molar-refractivity contribution in [2.75, 3.05) is 0 Å². The van der Waals surface area contributed by atoms with Crippen molar-refractivity contribution in [3.63, 3.8) is 0 Å². The zero-order valence-electron chi connectivity index (χ0n) is 11.6. The van der Waals surface area contributed by atoms with Crippen LogP contribution in [-0.4, -0.2) is 13.3 Å². The number of rotatable bonds is 5. The first-order valence-electron chi connectivity index (χ1n) is 6.66. The summed E-state index contributed by atoms with van der Waals surface area (Å²) < 4.78 is 28.9. The molecular weight excluding hydrogens is 366 g/mol. The van der Waals surface area contributed by atoms with Crippen LogP contribution >= 0.6 is 15.9 Å². The molecule has 1 aromatic heterocycles. The lowest BCUT2D eigenvalue weighted by molar-refractivity contribution is 0.309. The van der Waals surface area contributed by atoms with E-state index in [2.05, 4.69) is 15.9 Å². The number of halogens is 1. The van der Waals surface area contributed by atoms with Crippen LogP contribution in [0.3, 0.4) is 0 Å². The van der Waals surface area contributed by atoms with Crippen molar-refractivity contribution >= 4 is 37.9 Å². The van der Waals surface area contributed by atoms with Crippen LogP contribution in [0.25, 0.3) is 10.9 Å². The fraction of sp³-hybridized carbons (Fsp3) is 0.125. The van der Waals surface area contributed by atoms with E-state index >= 15 is 0 Å². The first-order chi connectivity index (χ1) is 10.6. The van der Waals surface area contributed by atoms with Crippen molar-refractivity contribution in [3.8, 4) is 5.75 Å². The molecule has 0 radical (unpaired) electrons. The molecule has 114 valence electrons. The van der Waals surface area contributed by atoms with Gasteiger partial charge in [0.25, 0.3) is 0 Å². The molecule has 0 amide bonds. The third-order valence-electron chi connectivity index (χ3n) is 3.32. The minimum Gasteiger partial charge on any atom is -0.487 e. The first-order valence-corrected chi connectivity index (χ1v) is 8.73. The summed E-state index contributed by atoms with van der Waals surface area (Å²) in [5.74, 6) is 0.708. The van der Waals surface area contributed by atoms with E-state index in [1.807, 2.05) is 48.5 Å². The summed E-state index contributed by atoms with van der Waals surface area (Å²) in [5.41, 5.74) is 1.88. The number of nitrogens with zero attached hydrogens (tertiary/aromatic N) is 1. The van der Waals surface area contributed by atoms with Gasteiger partial charge in [-0.05, 0) is 23.8 Å². The van der Waals surface area contributed by atoms with Gasteiger partial charge in [0.05, 0.1) is 5.52 Å². The molecule has 4 nitrogen and oxygen atoms in total. The number of fused-ring (bicyclic) bond motifs is 1. The Hall–Kier alpha value is -1.63. The number of hydrogen-bond acceptors (Lipinski definition) is 2. The molecule has 1 N–H and O–H groups in total. The molecule has 0 aliphatic rings. The SMILES string of the molecule is O=S(O)Cn1ccc2c(Br)ccc(OCc3ccccc3)c21. The van der Waals surface area contributed by atoms with E-state index in [4.69, 9.17) is 9.29 Å². The molecule has 1 heterocycles. The van der Waals surface area contributed by atoms with Crippen LogP contribution in [0.1, 0.15) is 5.56 Å². The number of hydrogen-bond donors (Lipinski definition) is 1. The fourth-order valence-electron chi connectivity index (χ4n) is 2.34. The third-order valence-corrected chi connectivity index (χ3v) is 4.51. The quantitative estimate of drug-likeness (QED) is 0.677. The molecular formula is C16H14BrNO3S. The van der Waals surface area contributed by atoms with Crippen molar-refractivity contribution in [2.45, 2.75) is 12.5 Å². The normalized spacial score (nSPS) is 12.5. The molecule has 6 heteroatoms. The Kier molecular flexibility index (Phi) is 4.61. The maximum absolute atomic E-state index is 11.1. The maximum Gasteiger partial charge on any atom is 0.173 e. The second kappa shape index (κ2) is 6.64. The Morgan fingerprint density at radius 3 is 2.64 bits per heavy atom. The van der Waals surface area contributed by atoms with E-state index in [0.29, 0.717) is 12.4 Å². The van der Waals surface area contributed by atoms with Gasteiger partial charge in [-0.25, -0.2) is 4.21 Å². The van der Waals surface area contributed by atoms with E-state index in [1.165, 1.54) is 0 Å². The van der Waals surface area contributed by atoms with E-state index in [-0.39, 0.29) is 5.88 Å². The van der Waals surface area contributed by atoms with Crippen LogP contribution in [0.4, 0.5) is 0 Å². The molecule has 0 bridgehead atoms. The molecule has 1 atom stereocenters. The van der Waals surface area contributed by atoms with Gasteiger partial charge in [-0.2, -0.15) is 0 Å². The lowest BCUT2D eigenvalue weighted by Gasteiger charge is -2.11. The molecule has 0 aliphatic heterocycles. The van der Waals surface area contributed by atoms with Crippen LogP contribution in [0, 0.1) is 0 Å². The van der Waals surface area contributed by atoms with E-state index in [0.717, 1.165) is 20.9 Å². The van der Waals surface area contributed by atoms with Gasteiger partial charge in [-0.1, -0.05) is 46.3 Å². The van der Waals surface area contributed by atoms with Gasteiger partial charge in [0.1, 0.15) is 18.2 Å². The molecule has 0 saturated heterocycles. The molecule has 2 aromatic carbocycles. The number of ether oxygens (including phenoxy) is 1. The predicted molar refractivity (Wildman–Crippen MR) is 91.2 cm³/mol. The van der Waals surface area contributed by atoms with E-state index < -0.39 is 11.1 Å². The molecule has 3 aromatic rings. The van der Waals surface area contributed by atoms with Crippen molar-refractivity contribution in [3.05, 3.63) is 64.8 Å². The van der Waals surface area contributed by atoms with Crippen molar-refractivity contribution in [1.29, 1.82) is 0 Å². The average Bonchev–Trinajstić information content (AvgIpc) is 2.92. The predicted octanol–water partition coefficient (Wildman–Crippen LogP) is 4.16. The highest BCUT2D eigenvalue weighted by Crippen LogP contribution is 2.33. The lowest BCUT2D eigenvalue weighted by Crippen LogP contribution is -2.04. The summed E-state index contributed by atoms with van der Waals surface area (Å²) in [5, 5.41) is 0.955. The third kappa shape index (κ3) is 3.24. The Labute approximate surface area is 139 Å². The van der Waals surface area contributed by atoms with Gasteiger partial charge in [-0.3, -0.25) is 0 Å². The van der Waals surface area contributed by atoms with Gasteiger partial charge in [0.15, 0.2) is 11.1 Å².